The second kappa shape index (κ2) is 9.05. The second-order valence-electron chi connectivity index (χ2n) is 5.96. The van der Waals surface area contributed by atoms with Crippen LogP contribution in [0.2, 0.25) is 0 Å². The van der Waals surface area contributed by atoms with Gasteiger partial charge in [-0.1, -0.05) is 12.1 Å². The van der Waals surface area contributed by atoms with Gasteiger partial charge < -0.3 is 24.5 Å². The molecule has 0 bridgehead atoms. The van der Waals surface area contributed by atoms with E-state index in [0.29, 0.717) is 43.2 Å². The number of nitrogens with zero attached hydrogens (tertiary/aromatic N) is 1. The van der Waals surface area contributed by atoms with E-state index in [1.165, 1.54) is 0 Å². The zero-order valence-electron chi connectivity index (χ0n) is 15.5. The SMILES string of the molecule is COCCOc1cc(NC(=O)CCc2nc3ccccc3[nH]2)ccc1OC. The number of hydrogen-bond donors (Lipinski definition) is 2. The highest BCUT2D eigenvalue weighted by molar-refractivity contribution is 5.91. The summed E-state index contributed by atoms with van der Waals surface area (Å²) in [5, 5.41) is 2.88. The third-order valence-corrected chi connectivity index (χ3v) is 4.02. The summed E-state index contributed by atoms with van der Waals surface area (Å²) in [6, 6.07) is 13.1. The Kier molecular flexibility index (Phi) is 6.27. The van der Waals surface area contributed by atoms with Crippen LogP contribution < -0.4 is 14.8 Å². The number of para-hydroxylation sites is 2. The van der Waals surface area contributed by atoms with E-state index in [1.807, 2.05) is 24.3 Å². The number of imidazole rings is 1. The summed E-state index contributed by atoms with van der Waals surface area (Å²) in [6.45, 7) is 0.869. The Balaban J connectivity index is 1.58. The number of amides is 1. The highest BCUT2D eigenvalue weighted by Crippen LogP contribution is 2.30. The molecule has 0 saturated carbocycles. The van der Waals surface area contributed by atoms with Crippen molar-refractivity contribution in [3.05, 3.63) is 48.3 Å². The molecule has 7 nitrogen and oxygen atoms in total. The van der Waals surface area contributed by atoms with E-state index in [2.05, 4.69) is 15.3 Å². The Labute approximate surface area is 157 Å². The Morgan fingerprint density at radius 2 is 1.96 bits per heavy atom. The number of aryl methyl sites for hydroxylation is 1. The number of fused-ring (bicyclic) bond motifs is 1. The highest BCUT2D eigenvalue weighted by Gasteiger charge is 2.10. The van der Waals surface area contributed by atoms with Gasteiger partial charge in [-0.25, -0.2) is 4.98 Å². The lowest BCUT2D eigenvalue weighted by atomic mass is 10.2. The molecule has 0 aliphatic rings. The van der Waals surface area contributed by atoms with Crippen molar-refractivity contribution in [2.45, 2.75) is 12.8 Å². The molecule has 3 rings (SSSR count). The summed E-state index contributed by atoms with van der Waals surface area (Å²) in [6.07, 6.45) is 0.861. The number of nitrogens with one attached hydrogen (secondary N) is 2. The average molecular weight is 369 g/mol. The van der Waals surface area contributed by atoms with Gasteiger partial charge in [-0.3, -0.25) is 4.79 Å². The van der Waals surface area contributed by atoms with Gasteiger partial charge in [0, 0.05) is 31.7 Å². The second-order valence-corrected chi connectivity index (χ2v) is 5.96. The Hall–Kier alpha value is -3.06. The van der Waals surface area contributed by atoms with Crippen LogP contribution >= 0.6 is 0 Å². The minimum Gasteiger partial charge on any atom is -0.493 e. The lowest BCUT2D eigenvalue weighted by Gasteiger charge is -2.12. The van der Waals surface area contributed by atoms with Crippen LogP contribution in [0.4, 0.5) is 5.69 Å². The van der Waals surface area contributed by atoms with Gasteiger partial charge in [-0.15, -0.1) is 0 Å². The third-order valence-electron chi connectivity index (χ3n) is 4.02. The van der Waals surface area contributed by atoms with E-state index < -0.39 is 0 Å². The predicted octanol–water partition coefficient (Wildman–Crippen LogP) is 3.17. The number of ether oxygens (including phenoxy) is 3. The van der Waals surface area contributed by atoms with Crippen molar-refractivity contribution in [2.24, 2.45) is 0 Å². The number of rotatable bonds is 9. The molecular weight excluding hydrogens is 346 g/mol. The fourth-order valence-electron chi connectivity index (χ4n) is 2.68. The number of methoxy groups -OCH3 is 2. The van der Waals surface area contributed by atoms with Gasteiger partial charge in [0.1, 0.15) is 12.4 Å². The normalized spacial score (nSPS) is 10.7. The molecule has 27 heavy (non-hydrogen) atoms. The maximum atomic E-state index is 12.3. The number of hydrogen-bond acceptors (Lipinski definition) is 5. The fraction of sp³-hybridized carbons (Fsp3) is 0.300. The van der Waals surface area contributed by atoms with Crippen molar-refractivity contribution in [1.29, 1.82) is 0 Å². The molecule has 0 fully saturated rings. The summed E-state index contributed by atoms with van der Waals surface area (Å²) in [5.41, 5.74) is 2.53. The summed E-state index contributed by atoms with van der Waals surface area (Å²) in [4.78, 5) is 20.0. The molecule has 2 N–H and O–H groups in total. The maximum Gasteiger partial charge on any atom is 0.224 e. The van der Waals surface area contributed by atoms with Gasteiger partial charge in [0.2, 0.25) is 5.91 Å². The summed E-state index contributed by atoms with van der Waals surface area (Å²) in [7, 11) is 3.18. The molecule has 0 spiro atoms. The molecule has 0 aliphatic carbocycles. The van der Waals surface area contributed by atoms with Gasteiger partial charge in [0.25, 0.3) is 0 Å². The first-order chi connectivity index (χ1) is 13.2. The van der Waals surface area contributed by atoms with Crippen molar-refractivity contribution in [1.82, 2.24) is 9.97 Å². The predicted molar refractivity (Wildman–Crippen MR) is 103 cm³/mol. The summed E-state index contributed by atoms with van der Waals surface area (Å²) in [5.74, 6) is 1.86. The summed E-state index contributed by atoms with van der Waals surface area (Å²) < 4.78 is 15.9. The number of carbonyl (C=O) groups excluding carboxylic acids is 1. The van der Waals surface area contributed by atoms with Crippen LogP contribution in [-0.4, -0.2) is 43.3 Å². The minimum atomic E-state index is -0.0940. The third kappa shape index (κ3) is 4.98. The first-order valence-electron chi connectivity index (χ1n) is 8.73. The monoisotopic (exact) mass is 369 g/mol. The molecule has 0 saturated heterocycles. The Morgan fingerprint density at radius 3 is 2.74 bits per heavy atom. The van der Waals surface area contributed by atoms with Gasteiger partial charge in [0.15, 0.2) is 11.5 Å². The van der Waals surface area contributed by atoms with Crippen molar-refractivity contribution in [2.75, 3.05) is 32.8 Å². The standard InChI is InChI=1S/C20H23N3O4/c1-25-11-12-27-18-13-14(7-8-17(18)26-2)21-20(24)10-9-19-22-15-5-3-4-6-16(15)23-19/h3-8,13H,9-12H2,1-2H3,(H,21,24)(H,22,23). The number of carbonyl (C=O) groups is 1. The van der Waals surface area contributed by atoms with Crippen LogP contribution in [0.25, 0.3) is 11.0 Å². The Bertz CT molecular complexity index is 874. The summed E-state index contributed by atoms with van der Waals surface area (Å²) >= 11 is 0. The average Bonchev–Trinajstić information content (AvgIpc) is 3.10. The lowest BCUT2D eigenvalue weighted by molar-refractivity contribution is -0.116. The van der Waals surface area contributed by atoms with Gasteiger partial charge in [-0.2, -0.15) is 0 Å². The van der Waals surface area contributed by atoms with Gasteiger partial charge >= 0.3 is 0 Å². The smallest absolute Gasteiger partial charge is 0.224 e. The number of anilines is 1. The van der Waals surface area contributed by atoms with Gasteiger partial charge in [-0.05, 0) is 24.3 Å². The van der Waals surface area contributed by atoms with Crippen LogP contribution in [0.5, 0.6) is 11.5 Å². The Morgan fingerprint density at radius 1 is 1.11 bits per heavy atom. The van der Waals surface area contributed by atoms with Crippen LogP contribution in [0, 0.1) is 0 Å². The zero-order valence-corrected chi connectivity index (χ0v) is 15.5. The van der Waals surface area contributed by atoms with E-state index in [1.54, 1.807) is 32.4 Å². The van der Waals surface area contributed by atoms with Crippen LogP contribution in [-0.2, 0) is 16.0 Å². The quantitative estimate of drug-likeness (QED) is 0.566. The van der Waals surface area contributed by atoms with Crippen molar-refractivity contribution in [3.8, 4) is 11.5 Å². The number of aromatic nitrogens is 2. The van der Waals surface area contributed by atoms with Crippen LogP contribution in [0.3, 0.4) is 0 Å². The van der Waals surface area contributed by atoms with Crippen LogP contribution in [0.15, 0.2) is 42.5 Å². The van der Waals surface area contributed by atoms with Crippen molar-refractivity contribution in [3.63, 3.8) is 0 Å². The maximum absolute atomic E-state index is 12.3. The molecule has 142 valence electrons. The molecule has 3 aromatic rings. The van der Waals surface area contributed by atoms with E-state index >= 15 is 0 Å². The number of benzene rings is 2. The molecule has 1 amide bonds. The molecule has 1 heterocycles. The molecule has 0 atom stereocenters. The number of H-pyrrole nitrogens is 1. The topological polar surface area (TPSA) is 85.5 Å². The van der Waals surface area contributed by atoms with E-state index in [9.17, 15) is 4.79 Å². The molecule has 0 unspecified atom stereocenters. The largest absolute Gasteiger partial charge is 0.493 e. The van der Waals surface area contributed by atoms with Crippen LogP contribution in [0.1, 0.15) is 12.2 Å². The first-order valence-corrected chi connectivity index (χ1v) is 8.73. The molecule has 2 aromatic carbocycles. The van der Waals surface area contributed by atoms with Crippen molar-refractivity contribution >= 4 is 22.6 Å². The highest BCUT2D eigenvalue weighted by atomic mass is 16.5. The zero-order chi connectivity index (χ0) is 19.1. The molecular formula is C20H23N3O4. The molecule has 1 aromatic heterocycles. The molecule has 0 radical (unpaired) electrons. The van der Waals surface area contributed by atoms with Gasteiger partial charge in [0.05, 0.1) is 24.8 Å². The van der Waals surface area contributed by atoms with E-state index in [0.717, 1.165) is 16.9 Å². The minimum absolute atomic E-state index is 0.0940. The fourth-order valence-corrected chi connectivity index (χ4v) is 2.68. The molecule has 0 aliphatic heterocycles. The molecule has 7 heteroatoms. The lowest BCUT2D eigenvalue weighted by Crippen LogP contribution is -2.13. The van der Waals surface area contributed by atoms with E-state index in [4.69, 9.17) is 14.2 Å². The number of aromatic amines is 1. The van der Waals surface area contributed by atoms with E-state index in [-0.39, 0.29) is 5.91 Å². The first kappa shape index (κ1) is 18.7. The van der Waals surface area contributed by atoms with Crippen molar-refractivity contribution < 1.29 is 19.0 Å².